The lowest BCUT2D eigenvalue weighted by Crippen LogP contribution is -2.38. The van der Waals surface area contributed by atoms with E-state index in [1.165, 1.54) is 47.8 Å². The Balaban J connectivity index is 1.99. The van der Waals surface area contributed by atoms with Gasteiger partial charge < -0.3 is 4.90 Å². The fourth-order valence-corrected chi connectivity index (χ4v) is 3.97. The summed E-state index contributed by atoms with van der Waals surface area (Å²) < 4.78 is 2.28. The molecular weight excluding hydrogens is 448 g/mol. The topological polar surface area (TPSA) is 133 Å². The number of anilines is 1. The van der Waals surface area contributed by atoms with Crippen LogP contribution in [0.2, 0.25) is 0 Å². The molecule has 2 aromatic heterocycles. The fraction of sp³-hybridized carbons (Fsp3) is 0.381. The van der Waals surface area contributed by atoms with Gasteiger partial charge in [-0.25, -0.2) is 14.8 Å². The van der Waals surface area contributed by atoms with Crippen LogP contribution in [0, 0.1) is 10.1 Å². The van der Waals surface area contributed by atoms with Crippen molar-refractivity contribution in [1.29, 1.82) is 0 Å². The number of benzene rings is 1. The molecule has 0 fully saturated rings. The summed E-state index contributed by atoms with van der Waals surface area (Å²) in [4.78, 5) is 58.8. The minimum atomic E-state index is -0.535. The zero-order valence-electron chi connectivity index (χ0n) is 19.1. The number of non-ortho nitro benzene ring substituents is 1. The summed E-state index contributed by atoms with van der Waals surface area (Å²) in [7, 11) is 4.47. The van der Waals surface area contributed by atoms with Gasteiger partial charge in [0, 0.05) is 44.4 Å². The second-order valence-corrected chi connectivity index (χ2v) is 9.49. The average molecular weight is 473 g/mol. The quantitative estimate of drug-likeness (QED) is 0.238. The first kappa shape index (κ1) is 24.1. The number of hydrogen-bond donors (Lipinski definition) is 0. The summed E-state index contributed by atoms with van der Waals surface area (Å²) in [5.41, 5.74) is -0.866. The Morgan fingerprint density at radius 1 is 1.12 bits per heavy atom. The number of aromatic nitrogens is 4. The van der Waals surface area contributed by atoms with Crippen LogP contribution in [0.15, 0.2) is 38.9 Å². The van der Waals surface area contributed by atoms with E-state index in [1.54, 1.807) is 7.05 Å². The molecule has 12 heteroatoms. The zero-order chi connectivity index (χ0) is 24.7. The van der Waals surface area contributed by atoms with Gasteiger partial charge in [-0.3, -0.25) is 28.8 Å². The molecule has 2 heterocycles. The van der Waals surface area contributed by atoms with Gasteiger partial charge in [0.15, 0.2) is 5.65 Å². The normalized spacial score (nSPS) is 11.6. The second kappa shape index (κ2) is 8.77. The highest BCUT2D eigenvalue weighted by atomic mass is 32.2. The van der Waals surface area contributed by atoms with Crippen molar-refractivity contribution in [2.45, 2.75) is 31.2 Å². The predicted octanol–water partition coefficient (Wildman–Crippen LogP) is 1.99. The van der Waals surface area contributed by atoms with Crippen molar-refractivity contribution in [2.24, 2.45) is 14.1 Å². The van der Waals surface area contributed by atoms with E-state index in [9.17, 15) is 24.5 Å². The van der Waals surface area contributed by atoms with E-state index in [1.807, 2.05) is 20.8 Å². The van der Waals surface area contributed by atoms with Crippen molar-refractivity contribution in [3.05, 3.63) is 61.0 Å². The lowest BCUT2D eigenvalue weighted by molar-refractivity contribution is -0.384. The van der Waals surface area contributed by atoms with Gasteiger partial charge in [-0.05, 0) is 12.1 Å². The van der Waals surface area contributed by atoms with Crippen LogP contribution in [0.3, 0.4) is 0 Å². The summed E-state index contributed by atoms with van der Waals surface area (Å²) >= 11 is 1.08. The Bertz CT molecular complexity index is 1370. The Hall–Kier alpha value is -3.54. The third kappa shape index (κ3) is 4.65. The Morgan fingerprint density at radius 2 is 1.73 bits per heavy atom. The van der Waals surface area contributed by atoms with Crippen LogP contribution in [0.1, 0.15) is 26.6 Å². The maximum absolute atomic E-state index is 12.9. The monoisotopic (exact) mass is 472 g/mol. The molecule has 33 heavy (non-hydrogen) atoms. The zero-order valence-corrected chi connectivity index (χ0v) is 20.0. The molecular formula is C21H24N6O5S. The standard InChI is InChI=1S/C21H24N6O5S/c1-21(2,3)19-22-16-15(18(29)26(6)20(30)25(16)5)17(23-19)33-11-14(28)24(4)12-7-9-13(10-8-12)27(31)32/h7-10H,11H2,1-6H3. The second-order valence-electron chi connectivity index (χ2n) is 8.52. The number of fused-ring (bicyclic) bond motifs is 1. The van der Waals surface area contributed by atoms with Gasteiger partial charge in [-0.15, -0.1) is 0 Å². The fourth-order valence-electron chi connectivity index (χ4n) is 3.04. The average Bonchev–Trinajstić information content (AvgIpc) is 2.77. The molecule has 0 aliphatic rings. The number of amides is 1. The molecule has 174 valence electrons. The maximum atomic E-state index is 12.9. The molecule has 3 aromatic rings. The summed E-state index contributed by atoms with van der Waals surface area (Å²) in [5, 5.41) is 11.3. The molecule has 0 bridgehead atoms. The van der Waals surface area contributed by atoms with Crippen molar-refractivity contribution in [3.63, 3.8) is 0 Å². The van der Waals surface area contributed by atoms with Gasteiger partial charge >= 0.3 is 5.69 Å². The Labute approximate surface area is 193 Å². The number of carbonyl (C=O) groups excluding carboxylic acids is 1. The van der Waals surface area contributed by atoms with Crippen molar-refractivity contribution >= 4 is 40.1 Å². The molecule has 0 saturated heterocycles. The third-order valence-corrected chi connectivity index (χ3v) is 6.05. The molecule has 0 atom stereocenters. The summed E-state index contributed by atoms with van der Waals surface area (Å²) in [6, 6.07) is 5.63. The van der Waals surface area contributed by atoms with E-state index in [4.69, 9.17) is 0 Å². The predicted molar refractivity (Wildman–Crippen MR) is 126 cm³/mol. The molecule has 1 amide bonds. The number of thioether (sulfide) groups is 1. The van der Waals surface area contributed by atoms with Gasteiger partial charge in [-0.2, -0.15) is 0 Å². The van der Waals surface area contributed by atoms with Crippen LogP contribution in [0.4, 0.5) is 11.4 Å². The number of nitro benzene ring substituents is 1. The maximum Gasteiger partial charge on any atom is 0.332 e. The molecule has 0 unspecified atom stereocenters. The first-order valence-electron chi connectivity index (χ1n) is 9.95. The van der Waals surface area contributed by atoms with Crippen LogP contribution >= 0.6 is 11.8 Å². The molecule has 0 spiro atoms. The van der Waals surface area contributed by atoms with E-state index < -0.39 is 21.6 Å². The highest BCUT2D eigenvalue weighted by molar-refractivity contribution is 8.00. The van der Waals surface area contributed by atoms with Gasteiger partial charge in [0.1, 0.15) is 16.2 Å². The number of hydrogen-bond acceptors (Lipinski definition) is 8. The van der Waals surface area contributed by atoms with Crippen LogP contribution < -0.4 is 16.1 Å². The minimum absolute atomic E-state index is 0.0464. The summed E-state index contributed by atoms with van der Waals surface area (Å²) in [6.45, 7) is 5.74. The first-order chi connectivity index (χ1) is 15.3. The lowest BCUT2D eigenvalue weighted by atomic mass is 9.96. The molecule has 0 aliphatic heterocycles. The third-order valence-electron chi connectivity index (χ3n) is 5.09. The molecule has 0 saturated carbocycles. The van der Waals surface area contributed by atoms with Crippen LogP contribution in [-0.2, 0) is 24.3 Å². The number of nitro groups is 1. The number of aryl methyl sites for hydroxylation is 1. The van der Waals surface area contributed by atoms with Crippen LogP contribution in [0.25, 0.3) is 11.0 Å². The summed E-state index contributed by atoms with van der Waals surface area (Å²) in [5.74, 6) is 0.103. The van der Waals surface area contributed by atoms with E-state index >= 15 is 0 Å². The largest absolute Gasteiger partial charge is 0.332 e. The van der Waals surface area contributed by atoms with Gasteiger partial charge in [-0.1, -0.05) is 32.5 Å². The Kier molecular flexibility index (Phi) is 6.41. The molecule has 11 nitrogen and oxygen atoms in total. The molecule has 3 rings (SSSR count). The SMILES string of the molecule is CN(C(=O)CSc1nc(C(C)(C)C)nc2c1c(=O)n(C)c(=O)n2C)c1ccc([N+](=O)[O-])cc1. The number of rotatable bonds is 5. The molecule has 0 aliphatic carbocycles. The van der Waals surface area contributed by atoms with E-state index in [0.717, 1.165) is 16.3 Å². The molecule has 1 aromatic carbocycles. The van der Waals surface area contributed by atoms with E-state index in [0.29, 0.717) is 16.5 Å². The van der Waals surface area contributed by atoms with E-state index in [-0.39, 0.29) is 28.4 Å². The lowest BCUT2D eigenvalue weighted by Gasteiger charge is -2.20. The van der Waals surface area contributed by atoms with Gasteiger partial charge in [0.2, 0.25) is 5.91 Å². The van der Waals surface area contributed by atoms with E-state index in [2.05, 4.69) is 9.97 Å². The number of nitrogens with zero attached hydrogens (tertiary/aromatic N) is 6. The van der Waals surface area contributed by atoms with Crippen molar-refractivity contribution in [2.75, 3.05) is 17.7 Å². The minimum Gasteiger partial charge on any atom is -0.315 e. The van der Waals surface area contributed by atoms with Gasteiger partial charge in [0.25, 0.3) is 11.2 Å². The first-order valence-corrected chi connectivity index (χ1v) is 10.9. The smallest absolute Gasteiger partial charge is 0.315 e. The molecule has 0 N–H and O–H groups in total. The van der Waals surface area contributed by atoms with Gasteiger partial charge in [0.05, 0.1) is 10.7 Å². The molecule has 0 radical (unpaired) electrons. The van der Waals surface area contributed by atoms with Crippen molar-refractivity contribution in [1.82, 2.24) is 19.1 Å². The van der Waals surface area contributed by atoms with Crippen LogP contribution in [-0.4, -0.2) is 42.7 Å². The highest BCUT2D eigenvalue weighted by Gasteiger charge is 2.24. The summed E-state index contributed by atoms with van der Waals surface area (Å²) in [6.07, 6.45) is 0. The van der Waals surface area contributed by atoms with Crippen molar-refractivity contribution in [3.8, 4) is 0 Å². The Morgan fingerprint density at radius 3 is 2.27 bits per heavy atom. The number of carbonyl (C=O) groups is 1. The van der Waals surface area contributed by atoms with Crippen molar-refractivity contribution < 1.29 is 9.72 Å². The highest BCUT2D eigenvalue weighted by Crippen LogP contribution is 2.27. The van der Waals surface area contributed by atoms with Crippen LogP contribution in [0.5, 0.6) is 0 Å².